The molecule has 2 aliphatic rings. The fourth-order valence-corrected chi connectivity index (χ4v) is 5.22. The van der Waals surface area contributed by atoms with Crippen molar-refractivity contribution in [2.45, 2.75) is 69.8 Å². The summed E-state index contributed by atoms with van der Waals surface area (Å²) in [6, 6.07) is 1.18. The molecule has 3 unspecified atom stereocenters. The second kappa shape index (κ2) is 6.83. The van der Waals surface area contributed by atoms with E-state index in [0.717, 1.165) is 11.3 Å². The van der Waals surface area contributed by atoms with Crippen LogP contribution >= 0.6 is 22.9 Å². The molecule has 1 N–H and O–H groups in total. The van der Waals surface area contributed by atoms with Gasteiger partial charge in [-0.3, -0.25) is 0 Å². The van der Waals surface area contributed by atoms with Crippen molar-refractivity contribution in [1.29, 1.82) is 0 Å². The Hall–Kier alpha value is -0.960. The van der Waals surface area contributed by atoms with Gasteiger partial charge in [0.25, 0.3) is 6.43 Å². The monoisotopic (exact) mass is 423 g/mol. The van der Waals surface area contributed by atoms with E-state index in [9.17, 15) is 18.7 Å². The molecule has 9 heteroatoms. The van der Waals surface area contributed by atoms with Crippen molar-refractivity contribution in [3.8, 4) is 0 Å². The molecule has 3 rings (SSSR count). The first-order valence-electron chi connectivity index (χ1n) is 8.82. The minimum atomic E-state index is -2.99. The van der Waals surface area contributed by atoms with Gasteiger partial charge in [0.2, 0.25) is 0 Å². The van der Waals surface area contributed by atoms with Crippen LogP contribution in [0.25, 0.3) is 0 Å². The van der Waals surface area contributed by atoms with Crippen molar-refractivity contribution in [2.75, 3.05) is 13.2 Å². The van der Waals surface area contributed by atoms with Gasteiger partial charge in [-0.1, -0.05) is 11.6 Å². The number of hydrogen-bond donors (Lipinski definition) is 1. The number of likely N-dealkylation sites (tertiary alicyclic amines) is 1. The molecule has 3 heterocycles. The predicted octanol–water partition coefficient (Wildman–Crippen LogP) is 4.50. The van der Waals surface area contributed by atoms with Crippen LogP contribution in [0.1, 0.15) is 51.0 Å². The van der Waals surface area contributed by atoms with Gasteiger partial charge >= 0.3 is 6.09 Å². The summed E-state index contributed by atoms with van der Waals surface area (Å²) >= 11 is 7.25. The standard InChI is InChI=1S/C18H24ClF2NO4S/c1-10-8-17(5-6-22(10)15(23)26-16(2,3)4)13-11(7-12(19)27-13)18(24,9-25-17)14(20)21/h7,10,14,24H,5-6,8-9H2,1-4H3. The van der Waals surface area contributed by atoms with Crippen LogP contribution in [0.4, 0.5) is 13.6 Å². The molecule has 0 aromatic carbocycles. The van der Waals surface area contributed by atoms with Crippen LogP contribution in [0, 0.1) is 0 Å². The van der Waals surface area contributed by atoms with Gasteiger partial charge in [-0.15, -0.1) is 11.3 Å². The molecule has 1 fully saturated rings. The lowest BCUT2D eigenvalue weighted by Gasteiger charge is -2.49. The van der Waals surface area contributed by atoms with E-state index in [1.54, 1.807) is 25.7 Å². The van der Waals surface area contributed by atoms with Gasteiger partial charge in [-0.25, -0.2) is 13.6 Å². The number of aliphatic hydroxyl groups is 1. The molecule has 1 amide bonds. The zero-order chi connectivity index (χ0) is 20.2. The fraction of sp³-hybridized carbons (Fsp3) is 0.722. The van der Waals surface area contributed by atoms with E-state index in [1.807, 2.05) is 6.92 Å². The summed E-state index contributed by atoms with van der Waals surface area (Å²) in [5.41, 5.74) is -3.67. The Kier molecular flexibility index (Phi) is 5.25. The fourth-order valence-electron chi connectivity index (χ4n) is 3.73. The van der Waals surface area contributed by atoms with Crippen LogP contribution in [-0.4, -0.2) is 47.3 Å². The average Bonchev–Trinajstić information content (AvgIpc) is 2.93. The molecule has 0 bridgehead atoms. The van der Waals surface area contributed by atoms with E-state index >= 15 is 0 Å². The number of halogens is 3. The van der Waals surface area contributed by atoms with Crippen LogP contribution < -0.4 is 0 Å². The summed E-state index contributed by atoms with van der Waals surface area (Å²) in [5.74, 6) is 0. The van der Waals surface area contributed by atoms with Crippen molar-refractivity contribution in [3.63, 3.8) is 0 Å². The van der Waals surface area contributed by atoms with Gasteiger partial charge in [-0.05, 0) is 40.2 Å². The predicted molar refractivity (Wildman–Crippen MR) is 98.5 cm³/mol. The number of carbonyl (C=O) groups is 1. The summed E-state index contributed by atoms with van der Waals surface area (Å²) in [4.78, 5) is 14.6. The number of nitrogens with zero attached hydrogens (tertiary/aromatic N) is 1. The maximum Gasteiger partial charge on any atom is 0.410 e. The van der Waals surface area contributed by atoms with E-state index in [1.165, 1.54) is 6.07 Å². The summed E-state index contributed by atoms with van der Waals surface area (Å²) < 4.78 is 38.7. The van der Waals surface area contributed by atoms with Crippen molar-refractivity contribution >= 4 is 29.0 Å². The zero-order valence-electron chi connectivity index (χ0n) is 15.7. The molecule has 3 atom stereocenters. The molecule has 5 nitrogen and oxygen atoms in total. The van der Waals surface area contributed by atoms with E-state index in [4.69, 9.17) is 21.1 Å². The Bertz CT molecular complexity index is 737. The molecule has 1 spiro atoms. The Labute approximate surface area is 166 Å². The summed E-state index contributed by atoms with van der Waals surface area (Å²) in [7, 11) is 0. The van der Waals surface area contributed by atoms with Crippen LogP contribution in [-0.2, 0) is 20.7 Å². The maximum atomic E-state index is 13.5. The van der Waals surface area contributed by atoms with Crippen molar-refractivity contribution < 1.29 is 28.2 Å². The SMILES string of the molecule is CC1CC2(CCN1C(=O)OC(C)(C)C)OCC(O)(C(F)F)c1cc(Cl)sc12. The largest absolute Gasteiger partial charge is 0.444 e. The Morgan fingerprint density at radius 1 is 1.52 bits per heavy atom. The number of fused-ring (bicyclic) bond motifs is 2. The maximum absolute atomic E-state index is 13.5. The van der Waals surface area contributed by atoms with Gasteiger partial charge in [0.15, 0.2) is 5.60 Å². The third-order valence-corrected chi connectivity index (χ3v) is 6.50. The highest BCUT2D eigenvalue weighted by atomic mass is 35.5. The second-order valence-corrected chi connectivity index (χ2v) is 9.96. The van der Waals surface area contributed by atoms with Crippen molar-refractivity contribution in [2.24, 2.45) is 0 Å². The molecule has 1 aromatic rings. The average molecular weight is 424 g/mol. The highest BCUT2D eigenvalue weighted by Gasteiger charge is 2.55. The van der Waals surface area contributed by atoms with Crippen molar-refractivity contribution in [1.82, 2.24) is 4.90 Å². The highest BCUT2D eigenvalue weighted by molar-refractivity contribution is 7.16. The molecular weight excluding hydrogens is 400 g/mol. The number of ether oxygens (including phenoxy) is 2. The molecular formula is C18H24ClF2NO4S. The number of hydrogen-bond acceptors (Lipinski definition) is 5. The quantitative estimate of drug-likeness (QED) is 0.722. The van der Waals surface area contributed by atoms with Gasteiger partial charge in [-0.2, -0.15) is 0 Å². The Morgan fingerprint density at radius 3 is 2.74 bits per heavy atom. The number of carbonyl (C=O) groups excluding carboxylic acids is 1. The molecule has 1 aromatic heterocycles. The summed E-state index contributed by atoms with van der Waals surface area (Å²) in [5, 5.41) is 10.5. The Balaban J connectivity index is 1.87. The molecule has 1 saturated heterocycles. The summed E-state index contributed by atoms with van der Waals surface area (Å²) in [6.45, 7) is 7.13. The normalized spacial score (nSPS) is 31.3. The number of rotatable bonds is 1. The van der Waals surface area contributed by atoms with Gasteiger partial charge in [0.1, 0.15) is 11.2 Å². The zero-order valence-corrected chi connectivity index (χ0v) is 17.3. The lowest BCUT2D eigenvalue weighted by Crippen LogP contribution is -2.56. The molecule has 0 radical (unpaired) electrons. The highest BCUT2D eigenvalue weighted by Crippen LogP contribution is 2.53. The van der Waals surface area contributed by atoms with Gasteiger partial charge < -0.3 is 19.5 Å². The minimum absolute atomic E-state index is 0.136. The van der Waals surface area contributed by atoms with E-state index in [2.05, 4.69) is 0 Å². The van der Waals surface area contributed by atoms with Gasteiger partial charge in [0, 0.05) is 29.4 Å². The van der Waals surface area contributed by atoms with E-state index in [-0.39, 0.29) is 11.6 Å². The van der Waals surface area contributed by atoms with Crippen LogP contribution in [0.5, 0.6) is 0 Å². The molecule has 0 aliphatic carbocycles. The second-order valence-electron chi connectivity index (χ2n) is 8.28. The third kappa shape index (κ3) is 3.69. The van der Waals surface area contributed by atoms with E-state index in [0.29, 0.717) is 28.6 Å². The van der Waals surface area contributed by atoms with E-state index < -0.39 is 35.9 Å². The molecule has 0 saturated carbocycles. The van der Waals surface area contributed by atoms with Crippen molar-refractivity contribution in [3.05, 3.63) is 20.8 Å². The van der Waals surface area contributed by atoms with Crippen LogP contribution in [0.3, 0.4) is 0 Å². The first-order chi connectivity index (χ1) is 12.4. The lowest BCUT2D eigenvalue weighted by atomic mass is 9.78. The third-order valence-electron chi connectivity index (χ3n) is 5.05. The smallest absolute Gasteiger partial charge is 0.410 e. The number of thiophene rings is 1. The first kappa shape index (κ1) is 20.8. The lowest BCUT2D eigenvalue weighted by molar-refractivity contribution is -0.209. The van der Waals surface area contributed by atoms with Crippen LogP contribution in [0.2, 0.25) is 4.34 Å². The number of piperidine rings is 1. The number of amides is 1. The summed E-state index contributed by atoms with van der Waals surface area (Å²) in [6.07, 6.45) is -2.57. The topological polar surface area (TPSA) is 59.0 Å². The molecule has 2 aliphatic heterocycles. The number of alkyl halides is 2. The van der Waals surface area contributed by atoms with Gasteiger partial charge in [0.05, 0.1) is 10.9 Å². The Morgan fingerprint density at radius 2 is 2.19 bits per heavy atom. The molecule has 152 valence electrons. The molecule has 27 heavy (non-hydrogen) atoms. The minimum Gasteiger partial charge on any atom is -0.444 e. The first-order valence-corrected chi connectivity index (χ1v) is 10.0. The van der Waals surface area contributed by atoms with Crippen LogP contribution in [0.15, 0.2) is 6.07 Å².